The maximum absolute atomic E-state index is 12.6. The van der Waals surface area contributed by atoms with Crippen LogP contribution in [0.15, 0.2) is 16.5 Å². The van der Waals surface area contributed by atoms with Gasteiger partial charge >= 0.3 is 5.97 Å². The van der Waals surface area contributed by atoms with E-state index in [-0.39, 0.29) is 11.7 Å². The van der Waals surface area contributed by atoms with Crippen LogP contribution in [-0.2, 0) is 16.0 Å². The number of benzene rings is 1. The summed E-state index contributed by atoms with van der Waals surface area (Å²) in [7, 11) is 0. The summed E-state index contributed by atoms with van der Waals surface area (Å²) in [6.45, 7) is 9.89. The number of nitrogens with one attached hydrogen (secondary N) is 1. The zero-order valence-electron chi connectivity index (χ0n) is 15.1. The van der Waals surface area contributed by atoms with Crippen molar-refractivity contribution in [1.29, 1.82) is 0 Å². The van der Waals surface area contributed by atoms with Crippen LogP contribution in [0.25, 0.3) is 11.0 Å². The Hall–Kier alpha value is -2.05. The standard InChI is InChI=1S/C19H25NO5/c1-12(2)11-24-19(22)17-13(3)25-16-5-4-15(21)14(18(16)17)10-20-6-8-23-9-7-20/h4-5,12,21H,6-11H2,1-3H3/p+1. The average Bonchev–Trinajstić information content (AvgIpc) is 2.92. The van der Waals surface area contributed by atoms with Gasteiger partial charge in [0.05, 0.1) is 25.4 Å². The number of hydrogen-bond donors (Lipinski definition) is 2. The van der Waals surface area contributed by atoms with Crippen LogP contribution in [0.2, 0.25) is 0 Å². The van der Waals surface area contributed by atoms with Crippen molar-refractivity contribution in [2.24, 2.45) is 5.92 Å². The van der Waals surface area contributed by atoms with Crippen LogP contribution in [0.3, 0.4) is 0 Å². The van der Waals surface area contributed by atoms with Gasteiger partial charge in [0.15, 0.2) is 0 Å². The summed E-state index contributed by atoms with van der Waals surface area (Å²) in [5.74, 6) is 0.569. The Morgan fingerprint density at radius 3 is 2.72 bits per heavy atom. The van der Waals surface area contributed by atoms with Gasteiger partial charge in [-0.3, -0.25) is 0 Å². The van der Waals surface area contributed by atoms with E-state index in [2.05, 4.69) is 0 Å². The third-order valence-electron chi connectivity index (χ3n) is 4.49. The molecule has 6 nitrogen and oxygen atoms in total. The Labute approximate surface area is 147 Å². The van der Waals surface area contributed by atoms with E-state index >= 15 is 0 Å². The van der Waals surface area contributed by atoms with Crippen molar-refractivity contribution in [3.63, 3.8) is 0 Å². The Bertz CT molecular complexity index is 759. The second-order valence-corrected chi connectivity index (χ2v) is 7.00. The number of ether oxygens (including phenoxy) is 2. The second kappa shape index (κ2) is 7.45. The van der Waals surface area contributed by atoms with Gasteiger partial charge in [0, 0.05) is 5.39 Å². The van der Waals surface area contributed by atoms with E-state index in [1.807, 2.05) is 13.8 Å². The molecule has 1 aliphatic heterocycles. The number of phenolic OH excluding ortho intramolecular Hbond substituents is 1. The maximum Gasteiger partial charge on any atom is 0.342 e. The number of esters is 1. The molecule has 0 aliphatic carbocycles. The maximum atomic E-state index is 12.6. The molecule has 3 rings (SSSR count). The number of hydrogen-bond acceptors (Lipinski definition) is 5. The number of aryl methyl sites for hydroxylation is 1. The third kappa shape index (κ3) is 3.80. The van der Waals surface area contributed by atoms with Gasteiger partial charge in [-0.1, -0.05) is 13.8 Å². The summed E-state index contributed by atoms with van der Waals surface area (Å²) in [6, 6.07) is 3.33. The second-order valence-electron chi connectivity index (χ2n) is 7.00. The molecule has 1 aromatic heterocycles. The SMILES string of the molecule is Cc1oc2ccc(O)c(C[NH+]3CCOCC3)c2c1C(=O)OCC(C)C. The van der Waals surface area contributed by atoms with Gasteiger partial charge in [-0.15, -0.1) is 0 Å². The molecule has 2 aromatic rings. The molecule has 6 heteroatoms. The van der Waals surface area contributed by atoms with Crippen molar-refractivity contribution >= 4 is 16.9 Å². The molecule has 1 aliphatic rings. The lowest BCUT2D eigenvalue weighted by atomic mass is 10.0. The molecule has 0 saturated carbocycles. The van der Waals surface area contributed by atoms with Crippen molar-refractivity contribution in [2.45, 2.75) is 27.3 Å². The van der Waals surface area contributed by atoms with Crippen molar-refractivity contribution in [3.05, 3.63) is 29.0 Å². The Kier molecular flexibility index (Phi) is 5.30. The third-order valence-corrected chi connectivity index (χ3v) is 4.49. The summed E-state index contributed by atoms with van der Waals surface area (Å²) in [6.07, 6.45) is 0. The topological polar surface area (TPSA) is 73.3 Å². The minimum absolute atomic E-state index is 0.185. The van der Waals surface area contributed by atoms with E-state index in [0.717, 1.165) is 18.7 Å². The lowest BCUT2D eigenvalue weighted by Crippen LogP contribution is -3.12. The van der Waals surface area contributed by atoms with Gasteiger partial charge in [0.1, 0.15) is 42.3 Å². The molecule has 0 radical (unpaired) electrons. The quantitative estimate of drug-likeness (QED) is 0.804. The minimum atomic E-state index is -0.395. The first-order chi connectivity index (χ1) is 12.0. The summed E-state index contributed by atoms with van der Waals surface area (Å²) < 4.78 is 16.6. The monoisotopic (exact) mass is 348 g/mol. The molecule has 0 amide bonds. The Morgan fingerprint density at radius 1 is 1.32 bits per heavy atom. The Morgan fingerprint density at radius 2 is 2.04 bits per heavy atom. The fourth-order valence-corrected chi connectivity index (χ4v) is 3.19. The van der Waals surface area contributed by atoms with Gasteiger partial charge in [-0.25, -0.2) is 4.79 Å². The van der Waals surface area contributed by atoms with Gasteiger partial charge < -0.3 is 23.9 Å². The summed E-state index contributed by atoms with van der Waals surface area (Å²) >= 11 is 0. The zero-order chi connectivity index (χ0) is 18.0. The van der Waals surface area contributed by atoms with Crippen LogP contribution in [0.1, 0.15) is 35.5 Å². The van der Waals surface area contributed by atoms with Crippen LogP contribution in [0.5, 0.6) is 5.75 Å². The van der Waals surface area contributed by atoms with Crippen LogP contribution in [0, 0.1) is 12.8 Å². The smallest absolute Gasteiger partial charge is 0.342 e. The number of carbonyl (C=O) groups excluding carboxylic acids is 1. The normalized spacial score (nSPS) is 15.8. The highest BCUT2D eigenvalue weighted by atomic mass is 16.5. The number of morpholine rings is 1. The van der Waals surface area contributed by atoms with Crippen LogP contribution in [0.4, 0.5) is 0 Å². The molecule has 25 heavy (non-hydrogen) atoms. The zero-order valence-corrected chi connectivity index (χ0v) is 15.1. The van der Waals surface area contributed by atoms with Crippen molar-refractivity contribution in [1.82, 2.24) is 0 Å². The van der Waals surface area contributed by atoms with Gasteiger partial charge in [0.2, 0.25) is 0 Å². The molecule has 2 N–H and O–H groups in total. The molecule has 1 aromatic carbocycles. The van der Waals surface area contributed by atoms with Gasteiger partial charge in [-0.2, -0.15) is 0 Å². The number of carbonyl (C=O) groups is 1. The lowest BCUT2D eigenvalue weighted by Gasteiger charge is -2.24. The summed E-state index contributed by atoms with van der Waals surface area (Å²) in [5.41, 5.74) is 1.77. The minimum Gasteiger partial charge on any atom is -0.507 e. The molecule has 1 fully saturated rings. The molecule has 0 bridgehead atoms. The molecule has 1 saturated heterocycles. The van der Waals surface area contributed by atoms with E-state index in [1.165, 1.54) is 4.90 Å². The average molecular weight is 348 g/mol. The highest BCUT2D eigenvalue weighted by molar-refractivity contribution is 6.06. The molecule has 2 heterocycles. The number of furan rings is 1. The lowest BCUT2D eigenvalue weighted by molar-refractivity contribution is -0.921. The molecule has 0 spiro atoms. The first kappa shape index (κ1) is 17.8. The molecular weight excluding hydrogens is 322 g/mol. The first-order valence-electron chi connectivity index (χ1n) is 8.79. The number of phenols is 1. The molecule has 136 valence electrons. The van der Waals surface area contributed by atoms with Crippen molar-refractivity contribution in [3.8, 4) is 5.75 Å². The highest BCUT2D eigenvalue weighted by Crippen LogP contribution is 2.34. The van der Waals surface area contributed by atoms with E-state index in [9.17, 15) is 9.90 Å². The van der Waals surface area contributed by atoms with E-state index in [0.29, 0.717) is 48.7 Å². The fraction of sp³-hybridized carbons (Fsp3) is 0.526. The predicted octanol–water partition coefficient (Wildman–Crippen LogP) is 1.67. The largest absolute Gasteiger partial charge is 0.507 e. The summed E-state index contributed by atoms with van der Waals surface area (Å²) in [4.78, 5) is 13.9. The van der Waals surface area contributed by atoms with Crippen molar-refractivity contribution in [2.75, 3.05) is 32.9 Å². The van der Waals surface area contributed by atoms with Crippen LogP contribution >= 0.6 is 0 Å². The van der Waals surface area contributed by atoms with Gasteiger partial charge in [-0.05, 0) is 25.0 Å². The first-order valence-corrected chi connectivity index (χ1v) is 8.79. The van der Waals surface area contributed by atoms with E-state index in [1.54, 1.807) is 19.1 Å². The number of fused-ring (bicyclic) bond motifs is 1. The van der Waals surface area contributed by atoms with E-state index < -0.39 is 5.97 Å². The molecular formula is C19H26NO5+. The predicted molar refractivity (Wildman–Crippen MR) is 93.0 cm³/mol. The van der Waals surface area contributed by atoms with Crippen molar-refractivity contribution < 1.29 is 28.7 Å². The Balaban J connectivity index is 2.00. The van der Waals surface area contributed by atoms with E-state index in [4.69, 9.17) is 13.9 Å². The fourth-order valence-electron chi connectivity index (χ4n) is 3.19. The van der Waals surface area contributed by atoms with Crippen LogP contribution in [-0.4, -0.2) is 44.0 Å². The van der Waals surface area contributed by atoms with Crippen LogP contribution < -0.4 is 4.90 Å². The molecule has 0 atom stereocenters. The van der Waals surface area contributed by atoms with Gasteiger partial charge in [0.25, 0.3) is 0 Å². The highest BCUT2D eigenvalue weighted by Gasteiger charge is 2.26. The number of aromatic hydroxyl groups is 1. The summed E-state index contributed by atoms with van der Waals surface area (Å²) in [5, 5.41) is 11.1. The molecule has 0 unspecified atom stereocenters. The number of quaternary nitrogens is 1. The number of rotatable bonds is 5.